The second-order valence-electron chi connectivity index (χ2n) is 15.5. The molecule has 0 aliphatic heterocycles. The molecule has 3 saturated carbocycles. The number of hydrogen-bond acceptors (Lipinski definition) is 8. The Bertz CT molecular complexity index is 1130. The van der Waals surface area contributed by atoms with Crippen molar-refractivity contribution in [1.82, 2.24) is 15.0 Å². The minimum absolute atomic E-state index is 0.0284. The van der Waals surface area contributed by atoms with Crippen LogP contribution in [0.15, 0.2) is 34.3 Å². The largest absolute Gasteiger partial charge is 0.432 e. The van der Waals surface area contributed by atoms with Gasteiger partial charge in [0.2, 0.25) is 0 Å². The summed E-state index contributed by atoms with van der Waals surface area (Å²) in [5.74, 6) is 1.78. The third-order valence-corrected chi connectivity index (χ3v) is 8.22. The quantitative estimate of drug-likeness (QED) is 0.243. The smallest absolute Gasteiger partial charge is 0.355 e. The van der Waals surface area contributed by atoms with Crippen LogP contribution in [0, 0.1) is 34.0 Å². The molecule has 8 heteroatoms. The Hall–Kier alpha value is -2.77. The predicted octanol–water partition coefficient (Wildman–Crippen LogP) is 8.70. The molecule has 1 aromatic rings. The molecule has 4 rings (SSSR count). The zero-order chi connectivity index (χ0) is 29.8. The van der Waals surface area contributed by atoms with Crippen LogP contribution in [0.25, 0.3) is 0 Å². The number of hydrogen-bond donors (Lipinski definition) is 0. The molecule has 0 N–H and O–H groups in total. The fourth-order valence-electron chi connectivity index (χ4n) is 7.66. The van der Waals surface area contributed by atoms with Gasteiger partial charge in [0.05, 0.1) is 17.7 Å². The van der Waals surface area contributed by atoms with E-state index in [1.54, 1.807) is 6.26 Å². The maximum Gasteiger partial charge on any atom is 0.355 e. The summed E-state index contributed by atoms with van der Waals surface area (Å²) in [6, 6.07) is 0.133. The Kier molecular flexibility index (Phi) is 9.59. The molecule has 0 radical (unpaired) electrons. The standard InChI is InChI=1S/C33H51N5O3/c1-22-13-25(19-31(4,5)16-22)11-10-12-39-28-34-29(40-37-26-14-23(2)17-32(6,7)20-26)36-30(35-28)41-38-27-15-24(3)18-33(8,9)21-27/h10-12,22-24H,13-21H2,1-9H3/b12-10?,25-11+,37-26-,38-27-. The van der Waals surface area contributed by atoms with Crippen molar-refractivity contribution < 1.29 is 14.4 Å². The van der Waals surface area contributed by atoms with E-state index in [-0.39, 0.29) is 28.9 Å². The van der Waals surface area contributed by atoms with Crippen LogP contribution in [0.4, 0.5) is 0 Å². The first-order valence-corrected chi connectivity index (χ1v) is 15.4. The average Bonchev–Trinajstić information content (AvgIpc) is 2.80. The van der Waals surface area contributed by atoms with Crippen LogP contribution in [-0.2, 0) is 0 Å². The van der Waals surface area contributed by atoms with E-state index >= 15 is 0 Å². The average molecular weight is 566 g/mol. The maximum atomic E-state index is 5.80. The lowest BCUT2D eigenvalue weighted by Crippen LogP contribution is -2.28. The molecule has 8 nitrogen and oxygen atoms in total. The lowest BCUT2D eigenvalue weighted by molar-refractivity contribution is 0.234. The number of aromatic nitrogens is 3. The summed E-state index contributed by atoms with van der Waals surface area (Å²) in [4.78, 5) is 24.5. The highest BCUT2D eigenvalue weighted by Gasteiger charge is 2.31. The van der Waals surface area contributed by atoms with E-state index in [2.05, 4.69) is 93.7 Å². The van der Waals surface area contributed by atoms with Gasteiger partial charge >= 0.3 is 18.0 Å². The van der Waals surface area contributed by atoms with Gasteiger partial charge in [0.25, 0.3) is 0 Å². The zero-order valence-electron chi connectivity index (χ0n) is 26.8. The molecular weight excluding hydrogens is 514 g/mol. The van der Waals surface area contributed by atoms with Gasteiger partial charge in [-0.25, -0.2) is 0 Å². The summed E-state index contributed by atoms with van der Waals surface area (Å²) in [5, 5.41) is 8.86. The van der Waals surface area contributed by atoms with Crippen LogP contribution in [0.5, 0.6) is 18.0 Å². The summed E-state index contributed by atoms with van der Waals surface area (Å²) in [6.07, 6.45) is 15.0. The number of oxime groups is 2. The molecule has 0 amide bonds. The van der Waals surface area contributed by atoms with Crippen molar-refractivity contribution in [1.29, 1.82) is 0 Å². The third kappa shape index (κ3) is 9.93. The van der Waals surface area contributed by atoms with Gasteiger partial charge in [-0.05, 0) is 97.9 Å². The molecule has 41 heavy (non-hydrogen) atoms. The maximum absolute atomic E-state index is 5.80. The van der Waals surface area contributed by atoms with Gasteiger partial charge in [0, 0.05) is 0 Å². The monoisotopic (exact) mass is 565 g/mol. The van der Waals surface area contributed by atoms with Crippen molar-refractivity contribution in [3.05, 3.63) is 24.0 Å². The topological polar surface area (TPSA) is 91.1 Å². The van der Waals surface area contributed by atoms with Gasteiger partial charge in [-0.3, -0.25) is 0 Å². The Balaban J connectivity index is 1.51. The van der Waals surface area contributed by atoms with Gasteiger partial charge in [-0.2, -0.15) is 0 Å². The molecule has 3 atom stereocenters. The Morgan fingerprint density at radius 2 is 1.07 bits per heavy atom. The summed E-state index contributed by atoms with van der Waals surface area (Å²) in [5.41, 5.74) is 4.14. The van der Waals surface area contributed by atoms with E-state index in [1.165, 1.54) is 24.8 Å². The molecule has 0 saturated heterocycles. The Morgan fingerprint density at radius 3 is 1.54 bits per heavy atom. The van der Waals surface area contributed by atoms with Gasteiger partial charge in [-0.1, -0.05) is 84.3 Å². The normalized spacial score (nSPS) is 30.6. The van der Waals surface area contributed by atoms with Crippen LogP contribution < -0.4 is 14.4 Å². The molecule has 226 valence electrons. The lowest BCUT2D eigenvalue weighted by atomic mass is 9.70. The molecule has 0 aromatic carbocycles. The lowest BCUT2D eigenvalue weighted by Gasteiger charge is -2.35. The van der Waals surface area contributed by atoms with Crippen molar-refractivity contribution in [2.45, 2.75) is 120 Å². The van der Waals surface area contributed by atoms with Gasteiger partial charge in [-0.15, -0.1) is 15.0 Å². The molecule has 1 aromatic heterocycles. The molecule has 1 heterocycles. The highest BCUT2D eigenvalue weighted by molar-refractivity contribution is 5.86. The first-order valence-electron chi connectivity index (χ1n) is 15.4. The number of rotatable bonds is 7. The summed E-state index contributed by atoms with van der Waals surface area (Å²) in [7, 11) is 0. The number of nitrogens with zero attached hydrogens (tertiary/aromatic N) is 5. The highest BCUT2D eigenvalue weighted by atomic mass is 16.7. The SMILES string of the molecule is CC1C/C(=N/Oc2nc(OC=C/C=C3\CC(C)CC(C)(C)C3)nc(O/N=C3/CC(C)CC(C)(C)C3)n2)CC(C)(C)C1. The van der Waals surface area contributed by atoms with Crippen LogP contribution in [0.1, 0.15) is 120 Å². The van der Waals surface area contributed by atoms with E-state index in [0.29, 0.717) is 23.2 Å². The minimum atomic E-state index is 0.0284. The van der Waals surface area contributed by atoms with E-state index in [4.69, 9.17) is 14.4 Å². The second-order valence-corrected chi connectivity index (χ2v) is 15.5. The van der Waals surface area contributed by atoms with Crippen LogP contribution in [-0.4, -0.2) is 26.4 Å². The van der Waals surface area contributed by atoms with Crippen molar-refractivity contribution >= 4 is 11.4 Å². The van der Waals surface area contributed by atoms with E-state index < -0.39 is 0 Å². The first-order chi connectivity index (χ1) is 19.2. The highest BCUT2D eigenvalue weighted by Crippen LogP contribution is 2.41. The summed E-state index contributed by atoms with van der Waals surface area (Å²) >= 11 is 0. The number of ether oxygens (including phenoxy) is 1. The van der Waals surface area contributed by atoms with Crippen LogP contribution >= 0.6 is 0 Å². The van der Waals surface area contributed by atoms with Crippen LogP contribution in [0.3, 0.4) is 0 Å². The summed E-state index contributed by atoms with van der Waals surface area (Å²) < 4.78 is 5.80. The summed E-state index contributed by atoms with van der Waals surface area (Å²) in [6.45, 7) is 20.6. The van der Waals surface area contributed by atoms with Gasteiger partial charge < -0.3 is 14.4 Å². The fourth-order valence-corrected chi connectivity index (χ4v) is 7.66. The first kappa shape index (κ1) is 31.2. The van der Waals surface area contributed by atoms with Gasteiger partial charge in [0.1, 0.15) is 0 Å². The fraction of sp³-hybridized carbons (Fsp3) is 0.727. The zero-order valence-corrected chi connectivity index (χ0v) is 26.8. The predicted molar refractivity (Wildman–Crippen MR) is 164 cm³/mol. The molecule has 3 aliphatic rings. The van der Waals surface area contributed by atoms with Crippen molar-refractivity contribution in [3.8, 4) is 18.0 Å². The van der Waals surface area contributed by atoms with E-state index in [9.17, 15) is 0 Å². The van der Waals surface area contributed by atoms with Crippen molar-refractivity contribution in [2.24, 2.45) is 44.3 Å². The van der Waals surface area contributed by atoms with Crippen LogP contribution in [0.2, 0.25) is 0 Å². The molecule has 3 unspecified atom stereocenters. The molecule has 0 bridgehead atoms. The molecule has 0 spiro atoms. The Morgan fingerprint density at radius 1 is 0.634 bits per heavy atom. The van der Waals surface area contributed by atoms with E-state index in [0.717, 1.165) is 49.9 Å². The minimum Gasteiger partial charge on any atom is -0.432 e. The molecule has 3 fully saturated rings. The van der Waals surface area contributed by atoms with Crippen molar-refractivity contribution in [3.63, 3.8) is 0 Å². The van der Waals surface area contributed by atoms with Gasteiger partial charge in [0.15, 0.2) is 0 Å². The van der Waals surface area contributed by atoms with E-state index in [1.807, 2.05) is 6.08 Å². The molecule has 3 aliphatic carbocycles. The third-order valence-electron chi connectivity index (χ3n) is 8.22. The molecular formula is C33H51N5O3. The second kappa shape index (κ2) is 12.6. The Labute approximate surface area is 247 Å². The number of allylic oxidation sites excluding steroid dienone is 3. The van der Waals surface area contributed by atoms with Crippen molar-refractivity contribution in [2.75, 3.05) is 0 Å².